The lowest BCUT2D eigenvalue weighted by Crippen LogP contribution is -2.10. The van der Waals surface area contributed by atoms with Crippen LogP contribution in [-0.4, -0.2) is 10.1 Å². The van der Waals surface area contributed by atoms with E-state index in [1.165, 1.54) is 18.5 Å². The maximum Gasteiger partial charge on any atom is 0.416 e. The van der Waals surface area contributed by atoms with Crippen LogP contribution in [-0.2, 0) is 12.8 Å². The fourth-order valence-electron chi connectivity index (χ4n) is 1.82. The van der Waals surface area contributed by atoms with E-state index in [-0.39, 0.29) is 5.56 Å². The largest absolute Gasteiger partial charge is 0.416 e. The molecule has 0 saturated carbocycles. The molecule has 1 aromatic heterocycles. The first-order valence-electron chi connectivity index (χ1n) is 5.24. The summed E-state index contributed by atoms with van der Waals surface area (Å²) < 4.78 is 38.4. The van der Waals surface area contributed by atoms with Crippen molar-refractivity contribution < 1.29 is 18.3 Å². The first-order valence-corrected chi connectivity index (χ1v) is 5.24. The first-order chi connectivity index (χ1) is 8.54. The highest BCUT2D eigenvalue weighted by Gasteiger charge is 2.33. The van der Waals surface area contributed by atoms with Crippen molar-refractivity contribution in [1.29, 1.82) is 0 Å². The van der Waals surface area contributed by atoms with Crippen LogP contribution in [0.2, 0.25) is 0 Å². The maximum atomic E-state index is 12.8. The molecule has 0 fully saturated rings. The maximum absolute atomic E-state index is 12.8. The molecule has 0 aliphatic heterocycles. The van der Waals surface area contributed by atoms with Crippen molar-refractivity contribution in [1.82, 2.24) is 4.98 Å². The third-order valence-corrected chi connectivity index (χ3v) is 2.63. The Morgan fingerprint density at radius 1 is 1.06 bits per heavy atom. The smallest absolute Gasteiger partial charge is 0.392 e. The van der Waals surface area contributed by atoms with Crippen molar-refractivity contribution in [2.24, 2.45) is 0 Å². The summed E-state index contributed by atoms with van der Waals surface area (Å²) in [4.78, 5) is 3.81. The zero-order valence-corrected chi connectivity index (χ0v) is 9.28. The van der Waals surface area contributed by atoms with Crippen LogP contribution in [0.3, 0.4) is 0 Å². The van der Waals surface area contributed by atoms with E-state index in [1.807, 2.05) is 0 Å². The molecule has 1 heterocycles. The normalized spacial score (nSPS) is 11.6. The fourth-order valence-corrected chi connectivity index (χ4v) is 1.82. The highest BCUT2D eigenvalue weighted by atomic mass is 19.4. The van der Waals surface area contributed by atoms with Crippen LogP contribution in [0.25, 0.3) is 11.1 Å². The van der Waals surface area contributed by atoms with Gasteiger partial charge in [0.1, 0.15) is 0 Å². The molecule has 18 heavy (non-hydrogen) atoms. The summed E-state index contributed by atoms with van der Waals surface area (Å²) in [5.74, 6) is 0. The molecular formula is C13H10F3NO. The van der Waals surface area contributed by atoms with Gasteiger partial charge in [0, 0.05) is 12.4 Å². The number of hydrogen-bond acceptors (Lipinski definition) is 2. The number of rotatable bonds is 2. The number of aliphatic hydroxyl groups excluding tert-OH is 1. The van der Waals surface area contributed by atoms with E-state index in [4.69, 9.17) is 0 Å². The van der Waals surface area contributed by atoms with Crippen molar-refractivity contribution in [2.45, 2.75) is 12.8 Å². The van der Waals surface area contributed by atoms with Gasteiger partial charge in [-0.15, -0.1) is 0 Å². The van der Waals surface area contributed by atoms with Gasteiger partial charge in [-0.25, -0.2) is 0 Å². The zero-order chi connectivity index (χ0) is 13.2. The van der Waals surface area contributed by atoms with Gasteiger partial charge in [-0.1, -0.05) is 12.1 Å². The van der Waals surface area contributed by atoms with Gasteiger partial charge in [-0.3, -0.25) is 4.98 Å². The molecule has 94 valence electrons. The second-order valence-corrected chi connectivity index (χ2v) is 3.72. The number of pyridine rings is 1. The molecule has 0 unspecified atom stereocenters. The van der Waals surface area contributed by atoms with Gasteiger partial charge in [0.05, 0.1) is 12.2 Å². The second-order valence-electron chi connectivity index (χ2n) is 3.72. The first kappa shape index (κ1) is 12.6. The highest BCUT2D eigenvalue weighted by Crippen LogP contribution is 2.36. The monoisotopic (exact) mass is 253 g/mol. The number of nitrogens with zero attached hydrogens (tertiary/aromatic N) is 1. The number of hydrogen-bond donors (Lipinski definition) is 1. The minimum Gasteiger partial charge on any atom is -0.392 e. The van der Waals surface area contributed by atoms with E-state index >= 15 is 0 Å². The molecule has 2 rings (SSSR count). The van der Waals surface area contributed by atoms with Crippen LogP contribution in [0.15, 0.2) is 42.7 Å². The third kappa shape index (κ3) is 2.36. The van der Waals surface area contributed by atoms with Gasteiger partial charge in [0.15, 0.2) is 0 Å². The summed E-state index contributed by atoms with van der Waals surface area (Å²) in [6, 6.07) is 7.06. The van der Waals surface area contributed by atoms with Gasteiger partial charge in [-0.2, -0.15) is 13.2 Å². The molecule has 1 N–H and O–H groups in total. The highest BCUT2D eigenvalue weighted by molar-refractivity contribution is 5.68. The Balaban J connectivity index is 2.63. The predicted octanol–water partition coefficient (Wildman–Crippen LogP) is 3.26. The van der Waals surface area contributed by atoms with E-state index in [0.717, 1.165) is 6.07 Å². The Morgan fingerprint density at radius 2 is 1.72 bits per heavy atom. The SMILES string of the molecule is OCc1c(-c2ccncc2)cccc1C(F)(F)F. The van der Waals surface area contributed by atoms with E-state index < -0.39 is 18.3 Å². The Labute approximate surface area is 102 Å². The van der Waals surface area contributed by atoms with Crippen LogP contribution in [0.5, 0.6) is 0 Å². The fraction of sp³-hybridized carbons (Fsp3) is 0.154. The number of benzene rings is 1. The number of halogens is 3. The summed E-state index contributed by atoms with van der Waals surface area (Å²) in [5.41, 5.74) is 0.0467. The van der Waals surface area contributed by atoms with Gasteiger partial charge in [0.2, 0.25) is 0 Å². The molecular weight excluding hydrogens is 243 g/mol. The minimum atomic E-state index is -4.47. The Kier molecular flexibility index (Phi) is 3.34. The lowest BCUT2D eigenvalue weighted by atomic mass is 9.96. The molecule has 0 bridgehead atoms. The van der Waals surface area contributed by atoms with Crippen molar-refractivity contribution >= 4 is 0 Å². The lowest BCUT2D eigenvalue weighted by Gasteiger charge is -2.15. The Morgan fingerprint density at radius 3 is 2.28 bits per heavy atom. The topological polar surface area (TPSA) is 33.1 Å². The van der Waals surface area contributed by atoms with Gasteiger partial charge >= 0.3 is 6.18 Å². The summed E-state index contributed by atoms with van der Waals surface area (Å²) in [7, 11) is 0. The molecule has 0 saturated heterocycles. The average molecular weight is 253 g/mol. The summed E-state index contributed by atoms with van der Waals surface area (Å²) >= 11 is 0. The Hall–Kier alpha value is -1.88. The molecule has 0 radical (unpaired) electrons. The summed E-state index contributed by atoms with van der Waals surface area (Å²) in [6.07, 6.45) is -1.48. The van der Waals surface area contributed by atoms with Crippen LogP contribution in [0, 0.1) is 0 Å². The molecule has 0 aliphatic rings. The molecule has 0 spiro atoms. The average Bonchev–Trinajstić information content (AvgIpc) is 2.37. The number of aliphatic hydroxyl groups is 1. The standard InChI is InChI=1S/C13H10F3NO/c14-13(15,16)12-3-1-2-10(11(12)8-18)9-4-6-17-7-5-9/h1-7,18H,8H2. The summed E-state index contributed by atoms with van der Waals surface area (Å²) in [5, 5.41) is 9.21. The van der Waals surface area contributed by atoms with Crippen molar-refractivity contribution in [3.05, 3.63) is 53.9 Å². The molecule has 0 atom stereocenters. The minimum absolute atomic E-state index is 0.115. The second kappa shape index (κ2) is 4.78. The van der Waals surface area contributed by atoms with E-state index in [2.05, 4.69) is 4.98 Å². The summed E-state index contributed by atoms with van der Waals surface area (Å²) in [6.45, 7) is -0.659. The molecule has 0 amide bonds. The Bertz CT molecular complexity index is 538. The number of alkyl halides is 3. The van der Waals surface area contributed by atoms with E-state index in [1.54, 1.807) is 18.2 Å². The van der Waals surface area contributed by atoms with Crippen LogP contribution in [0.4, 0.5) is 13.2 Å². The van der Waals surface area contributed by atoms with Crippen molar-refractivity contribution in [3.8, 4) is 11.1 Å². The molecule has 5 heteroatoms. The van der Waals surface area contributed by atoms with Crippen molar-refractivity contribution in [2.75, 3.05) is 0 Å². The quantitative estimate of drug-likeness (QED) is 0.891. The van der Waals surface area contributed by atoms with Gasteiger partial charge in [0.25, 0.3) is 0 Å². The van der Waals surface area contributed by atoms with Gasteiger partial charge < -0.3 is 5.11 Å². The number of aromatic nitrogens is 1. The molecule has 0 aliphatic carbocycles. The molecule has 1 aromatic carbocycles. The van der Waals surface area contributed by atoms with E-state index in [0.29, 0.717) is 11.1 Å². The zero-order valence-electron chi connectivity index (χ0n) is 9.28. The predicted molar refractivity (Wildman–Crippen MR) is 60.6 cm³/mol. The van der Waals surface area contributed by atoms with Gasteiger partial charge in [-0.05, 0) is 34.9 Å². The molecule has 2 aromatic rings. The molecule has 2 nitrogen and oxygen atoms in total. The third-order valence-electron chi connectivity index (χ3n) is 2.63. The van der Waals surface area contributed by atoms with Crippen molar-refractivity contribution in [3.63, 3.8) is 0 Å². The van der Waals surface area contributed by atoms with Crippen LogP contribution >= 0.6 is 0 Å². The lowest BCUT2D eigenvalue weighted by molar-refractivity contribution is -0.138. The van der Waals surface area contributed by atoms with E-state index in [9.17, 15) is 18.3 Å². The van der Waals surface area contributed by atoms with Crippen LogP contribution in [0.1, 0.15) is 11.1 Å². The van der Waals surface area contributed by atoms with Crippen LogP contribution < -0.4 is 0 Å².